The summed E-state index contributed by atoms with van der Waals surface area (Å²) in [5.74, 6) is 0. The molecule has 0 aliphatic heterocycles. The summed E-state index contributed by atoms with van der Waals surface area (Å²) in [6.07, 6.45) is 1.40. The van der Waals surface area contributed by atoms with Crippen LogP contribution < -0.4 is 0 Å². The Kier molecular flexibility index (Phi) is 3.37. The van der Waals surface area contributed by atoms with Crippen molar-refractivity contribution >= 4 is 34.0 Å². The summed E-state index contributed by atoms with van der Waals surface area (Å²) < 4.78 is 0. The van der Waals surface area contributed by atoms with E-state index in [1.54, 1.807) is 18.2 Å². The molecule has 1 atom stereocenters. The molecule has 0 unspecified atom stereocenters. The number of aliphatic hydroxyl groups excluding tert-OH is 1. The lowest BCUT2D eigenvalue weighted by atomic mass is 9.93. The minimum Gasteiger partial charge on any atom is -0.384 e. The predicted octanol–water partition coefficient (Wildman–Crippen LogP) is 5.33. The van der Waals surface area contributed by atoms with Crippen molar-refractivity contribution in [2.24, 2.45) is 0 Å². The lowest BCUT2D eigenvalue weighted by Crippen LogP contribution is -2.02. The number of benzene rings is 3. The maximum Gasteiger partial charge on any atom is 0.106 e. The standard InChI is InChI=1S/C19H14Cl2O/c20-13-7-9-16(17(21)10-13)19(22)15-8-6-12-5-4-11-2-1-3-14(15)18(11)12/h1-3,6-10,19,22H,4-5H2/t19-/m0/s1. The minimum absolute atomic E-state index is 0.489. The third-order valence-electron chi connectivity index (χ3n) is 4.46. The van der Waals surface area contributed by atoms with Gasteiger partial charge in [0.2, 0.25) is 0 Å². The van der Waals surface area contributed by atoms with Crippen LogP contribution in [0.2, 0.25) is 10.0 Å². The van der Waals surface area contributed by atoms with Crippen molar-refractivity contribution in [2.75, 3.05) is 0 Å². The number of hydrogen-bond donors (Lipinski definition) is 1. The number of aryl methyl sites for hydroxylation is 2. The molecular weight excluding hydrogens is 315 g/mol. The Morgan fingerprint density at radius 2 is 1.59 bits per heavy atom. The molecule has 0 bridgehead atoms. The highest BCUT2D eigenvalue weighted by molar-refractivity contribution is 6.35. The van der Waals surface area contributed by atoms with Gasteiger partial charge < -0.3 is 5.11 Å². The van der Waals surface area contributed by atoms with Gasteiger partial charge in [0, 0.05) is 15.6 Å². The van der Waals surface area contributed by atoms with Crippen LogP contribution in [0.3, 0.4) is 0 Å². The van der Waals surface area contributed by atoms with Gasteiger partial charge in [-0.3, -0.25) is 0 Å². The van der Waals surface area contributed by atoms with Gasteiger partial charge >= 0.3 is 0 Å². The van der Waals surface area contributed by atoms with E-state index < -0.39 is 6.10 Å². The van der Waals surface area contributed by atoms with E-state index in [1.807, 2.05) is 6.07 Å². The molecule has 3 heteroatoms. The second-order valence-corrected chi connectivity index (χ2v) is 6.57. The first-order valence-corrected chi connectivity index (χ1v) is 8.07. The molecule has 0 radical (unpaired) electrons. The Labute approximate surface area is 139 Å². The van der Waals surface area contributed by atoms with Gasteiger partial charge in [-0.2, -0.15) is 0 Å². The molecular formula is C19H14Cl2O. The third kappa shape index (κ3) is 2.13. The zero-order valence-electron chi connectivity index (χ0n) is 11.8. The number of halogens is 2. The van der Waals surface area contributed by atoms with Crippen molar-refractivity contribution in [3.05, 3.63) is 80.8 Å². The van der Waals surface area contributed by atoms with Crippen LogP contribution in [0.5, 0.6) is 0 Å². The first-order valence-electron chi connectivity index (χ1n) is 7.31. The molecule has 110 valence electrons. The van der Waals surface area contributed by atoms with Crippen LogP contribution in [-0.2, 0) is 12.8 Å². The Morgan fingerprint density at radius 3 is 2.36 bits per heavy atom. The Morgan fingerprint density at radius 1 is 0.864 bits per heavy atom. The predicted molar refractivity (Wildman–Crippen MR) is 91.9 cm³/mol. The molecule has 1 aliphatic rings. The summed E-state index contributed by atoms with van der Waals surface area (Å²) >= 11 is 12.2. The Balaban J connectivity index is 1.91. The molecule has 0 spiro atoms. The van der Waals surface area contributed by atoms with E-state index in [1.165, 1.54) is 16.5 Å². The third-order valence-corrected chi connectivity index (χ3v) is 5.02. The van der Waals surface area contributed by atoms with Crippen molar-refractivity contribution in [1.82, 2.24) is 0 Å². The van der Waals surface area contributed by atoms with Crippen LogP contribution in [0.25, 0.3) is 10.8 Å². The molecule has 0 aromatic heterocycles. The molecule has 0 saturated carbocycles. The normalized spacial score (nSPS) is 14.5. The van der Waals surface area contributed by atoms with Gasteiger partial charge in [0.1, 0.15) is 6.10 Å². The van der Waals surface area contributed by atoms with E-state index >= 15 is 0 Å². The van der Waals surface area contributed by atoms with Crippen molar-refractivity contribution in [1.29, 1.82) is 0 Å². The molecule has 1 nitrogen and oxygen atoms in total. The fourth-order valence-electron chi connectivity index (χ4n) is 3.40. The summed E-state index contributed by atoms with van der Waals surface area (Å²) in [6.45, 7) is 0. The zero-order chi connectivity index (χ0) is 15.3. The number of rotatable bonds is 2. The minimum atomic E-state index is -0.755. The van der Waals surface area contributed by atoms with E-state index in [9.17, 15) is 5.11 Å². The van der Waals surface area contributed by atoms with Crippen LogP contribution >= 0.6 is 23.2 Å². The summed E-state index contributed by atoms with van der Waals surface area (Å²) in [5.41, 5.74) is 4.31. The van der Waals surface area contributed by atoms with E-state index in [0.717, 1.165) is 23.8 Å². The smallest absolute Gasteiger partial charge is 0.106 e. The largest absolute Gasteiger partial charge is 0.384 e. The maximum absolute atomic E-state index is 10.8. The van der Waals surface area contributed by atoms with Crippen molar-refractivity contribution < 1.29 is 5.11 Å². The van der Waals surface area contributed by atoms with Crippen molar-refractivity contribution in [3.8, 4) is 0 Å². The summed E-state index contributed by atoms with van der Waals surface area (Å²) in [7, 11) is 0. The first-order chi connectivity index (χ1) is 10.6. The molecule has 0 heterocycles. The van der Waals surface area contributed by atoms with E-state index in [4.69, 9.17) is 23.2 Å². The average molecular weight is 329 g/mol. The molecule has 1 aliphatic carbocycles. The van der Waals surface area contributed by atoms with Crippen LogP contribution in [0, 0.1) is 0 Å². The van der Waals surface area contributed by atoms with Gasteiger partial charge in [-0.25, -0.2) is 0 Å². The second-order valence-electron chi connectivity index (χ2n) is 5.72. The highest BCUT2D eigenvalue weighted by atomic mass is 35.5. The van der Waals surface area contributed by atoms with E-state index in [2.05, 4.69) is 24.3 Å². The van der Waals surface area contributed by atoms with Gasteiger partial charge in [0.25, 0.3) is 0 Å². The van der Waals surface area contributed by atoms with Gasteiger partial charge in [-0.15, -0.1) is 0 Å². The molecule has 3 aromatic carbocycles. The van der Waals surface area contributed by atoms with Crippen LogP contribution in [-0.4, -0.2) is 5.11 Å². The fourth-order valence-corrected chi connectivity index (χ4v) is 3.91. The quantitative estimate of drug-likeness (QED) is 0.674. The van der Waals surface area contributed by atoms with Crippen LogP contribution in [0.1, 0.15) is 28.4 Å². The Hall–Kier alpha value is -1.54. The van der Waals surface area contributed by atoms with E-state index in [0.29, 0.717) is 15.6 Å². The summed E-state index contributed by atoms with van der Waals surface area (Å²) in [4.78, 5) is 0. The highest BCUT2D eigenvalue weighted by Gasteiger charge is 2.21. The number of hydrogen-bond acceptors (Lipinski definition) is 1. The summed E-state index contributed by atoms with van der Waals surface area (Å²) in [6, 6.07) is 15.7. The molecule has 0 fully saturated rings. The fraction of sp³-hybridized carbons (Fsp3) is 0.158. The number of aliphatic hydroxyl groups is 1. The van der Waals surface area contributed by atoms with Gasteiger partial charge in [0.15, 0.2) is 0 Å². The van der Waals surface area contributed by atoms with Crippen LogP contribution in [0.15, 0.2) is 48.5 Å². The SMILES string of the molecule is O[C@H](c1ccc(Cl)cc1Cl)c1ccc2c3c(cccc13)CC2. The average Bonchev–Trinajstić information content (AvgIpc) is 2.92. The van der Waals surface area contributed by atoms with Crippen molar-refractivity contribution in [3.63, 3.8) is 0 Å². The molecule has 4 rings (SSSR count). The molecule has 22 heavy (non-hydrogen) atoms. The van der Waals surface area contributed by atoms with Gasteiger partial charge in [0.05, 0.1) is 0 Å². The first kappa shape index (κ1) is 14.1. The van der Waals surface area contributed by atoms with Gasteiger partial charge in [-0.05, 0) is 52.4 Å². The summed E-state index contributed by atoms with van der Waals surface area (Å²) in [5, 5.41) is 14.3. The molecule has 0 saturated heterocycles. The topological polar surface area (TPSA) is 20.2 Å². The highest BCUT2D eigenvalue weighted by Crippen LogP contribution is 2.38. The molecule has 3 aromatic rings. The lowest BCUT2D eigenvalue weighted by Gasteiger charge is -2.17. The zero-order valence-corrected chi connectivity index (χ0v) is 13.3. The van der Waals surface area contributed by atoms with Crippen LogP contribution in [0.4, 0.5) is 0 Å². The molecule has 1 N–H and O–H groups in total. The molecule has 0 amide bonds. The lowest BCUT2D eigenvalue weighted by molar-refractivity contribution is 0.222. The van der Waals surface area contributed by atoms with Crippen molar-refractivity contribution in [2.45, 2.75) is 18.9 Å². The maximum atomic E-state index is 10.8. The second kappa shape index (κ2) is 5.27. The Bertz CT molecular complexity index is 876. The monoisotopic (exact) mass is 328 g/mol. The van der Waals surface area contributed by atoms with E-state index in [-0.39, 0.29) is 0 Å². The van der Waals surface area contributed by atoms with Gasteiger partial charge in [-0.1, -0.05) is 59.6 Å².